The van der Waals surface area contributed by atoms with Crippen molar-refractivity contribution in [2.24, 2.45) is 0 Å². The van der Waals surface area contributed by atoms with E-state index in [9.17, 15) is 18.0 Å². The zero-order chi connectivity index (χ0) is 15.8. The Balaban J connectivity index is 1.91. The van der Waals surface area contributed by atoms with Gasteiger partial charge in [-0.15, -0.1) is 5.10 Å². The van der Waals surface area contributed by atoms with E-state index in [0.717, 1.165) is 11.5 Å². The predicted octanol–water partition coefficient (Wildman–Crippen LogP) is 3.06. The van der Waals surface area contributed by atoms with Crippen LogP contribution in [0.1, 0.15) is 17.5 Å². The molecule has 0 spiro atoms. The highest BCUT2D eigenvalue weighted by atomic mass is 32.1. The van der Waals surface area contributed by atoms with Crippen LogP contribution < -0.4 is 10.6 Å². The number of fused-ring (bicyclic) bond motifs is 1. The summed E-state index contributed by atoms with van der Waals surface area (Å²) in [4.78, 5) is 12.0. The van der Waals surface area contributed by atoms with Crippen molar-refractivity contribution in [3.63, 3.8) is 0 Å². The first-order chi connectivity index (χ1) is 10.4. The highest BCUT2D eigenvalue weighted by molar-refractivity contribution is 7.10. The lowest BCUT2D eigenvalue weighted by molar-refractivity contribution is -0.196. The number of aryl methyl sites for hydroxylation is 1. The van der Waals surface area contributed by atoms with Gasteiger partial charge in [0.05, 0.1) is 6.20 Å². The molecular formula is C13H11F3N4OS. The van der Waals surface area contributed by atoms with Crippen LogP contribution in [0.5, 0.6) is 0 Å². The van der Waals surface area contributed by atoms with Crippen molar-refractivity contribution < 1.29 is 18.0 Å². The first kappa shape index (κ1) is 14.8. The molecule has 1 heterocycles. The van der Waals surface area contributed by atoms with Crippen molar-refractivity contribution in [3.8, 4) is 0 Å². The zero-order valence-corrected chi connectivity index (χ0v) is 12.0. The molecule has 0 saturated heterocycles. The molecule has 0 saturated carbocycles. The van der Waals surface area contributed by atoms with E-state index in [0.29, 0.717) is 5.56 Å². The average molecular weight is 328 g/mol. The summed E-state index contributed by atoms with van der Waals surface area (Å²) in [6, 6.07) is 5.35. The Hall–Kier alpha value is -2.16. The van der Waals surface area contributed by atoms with E-state index in [4.69, 9.17) is 0 Å². The maximum Gasteiger partial charge on any atom is 0.415 e. The highest BCUT2D eigenvalue weighted by Gasteiger charge is 2.59. The number of amides is 2. The molecule has 0 bridgehead atoms. The van der Waals surface area contributed by atoms with Crippen LogP contribution in [0.2, 0.25) is 0 Å². The van der Waals surface area contributed by atoms with E-state index in [-0.39, 0.29) is 23.4 Å². The molecule has 22 heavy (non-hydrogen) atoms. The summed E-state index contributed by atoms with van der Waals surface area (Å²) in [7, 11) is 0. The number of carbonyl (C=O) groups excluding carboxylic acids is 1. The molecule has 1 aliphatic carbocycles. The van der Waals surface area contributed by atoms with Crippen molar-refractivity contribution in [1.29, 1.82) is 0 Å². The highest BCUT2D eigenvalue weighted by Crippen LogP contribution is 2.48. The Morgan fingerprint density at radius 2 is 2.09 bits per heavy atom. The van der Waals surface area contributed by atoms with Crippen LogP contribution in [-0.2, 0) is 12.0 Å². The molecule has 2 amide bonds. The predicted molar refractivity (Wildman–Crippen MR) is 74.6 cm³/mol. The second-order valence-electron chi connectivity index (χ2n) is 4.92. The fourth-order valence-corrected chi connectivity index (χ4v) is 3.08. The molecule has 0 fully saturated rings. The molecule has 1 unspecified atom stereocenters. The molecular weight excluding hydrogens is 317 g/mol. The number of rotatable bonds is 2. The fourth-order valence-electron chi connectivity index (χ4n) is 2.67. The Labute approximate surface area is 127 Å². The Bertz CT molecular complexity index is 689. The van der Waals surface area contributed by atoms with Crippen LogP contribution in [0.3, 0.4) is 0 Å². The lowest BCUT2D eigenvalue weighted by atomic mass is 9.91. The van der Waals surface area contributed by atoms with Gasteiger partial charge in [0.2, 0.25) is 0 Å². The summed E-state index contributed by atoms with van der Waals surface area (Å²) in [5.74, 6) is 0. The van der Waals surface area contributed by atoms with E-state index < -0.39 is 17.7 Å². The summed E-state index contributed by atoms with van der Waals surface area (Å²) in [6.07, 6.45) is -3.28. The topological polar surface area (TPSA) is 66.9 Å². The minimum absolute atomic E-state index is 0.0973. The van der Waals surface area contributed by atoms with Crippen LogP contribution >= 0.6 is 11.5 Å². The third kappa shape index (κ3) is 2.41. The number of benzene rings is 1. The van der Waals surface area contributed by atoms with E-state index in [2.05, 4.69) is 20.2 Å². The molecule has 0 aliphatic heterocycles. The second kappa shape index (κ2) is 5.24. The van der Waals surface area contributed by atoms with Gasteiger partial charge in [-0.3, -0.25) is 5.32 Å². The van der Waals surface area contributed by atoms with Crippen LogP contribution in [0.4, 0.5) is 23.0 Å². The molecule has 1 aromatic carbocycles. The second-order valence-corrected chi connectivity index (χ2v) is 5.71. The fraction of sp³-hybridized carbons (Fsp3) is 0.308. The number of nitrogens with zero attached hydrogens (tertiary/aromatic N) is 2. The van der Waals surface area contributed by atoms with Crippen LogP contribution in [-0.4, -0.2) is 21.8 Å². The van der Waals surface area contributed by atoms with E-state index >= 15 is 0 Å². The molecule has 116 valence electrons. The normalized spacial score (nSPS) is 20.5. The van der Waals surface area contributed by atoms with Gasteiger partial charge in [-0.1, -0.05) is 28.8 Å². The number of nitrogens with one attached hydrogen (secondary N) is 2. The average Bonchev–Trinajstić information content (AvgIpc) is 3.07. The maximum absolute atomic E-state index is 13.7. The summed E-state index contributed by atoms with van der Waals surface area (Å²) < 4.78 is 44.5. The van der Waals surface area contributed by atoms with Gasteiger partial charge in [0.15, 0.2) is 5.54 Å². The SMILES string of the molecule is O=C(Nc1cnns1)NC1(C(F)(F)F)CCc2ccccc21. The van der Waals surface area contributed by atoms with Gasteiger partial charge >= 0.3 is 12.2 Å². The van der Waals surface area contributed by atoms with Crippen LogP contribution in [0, 0.1) is 0 Å². The molecule has 1 aromatic heterocycles. The van der Waals surface area contributed by atoms with Crippen LogP contribution in [0.25, 0.3) is 0 Å². The largest absolute Gasteiger partial charge is 0.415 e. The number of hydrogen-bond donors (Lipinski definition) is 2. The summed E-state index contributed by atoms with van der Waals surface area (Å²) >= 11 is 0.887. The quantitative estimate of drug-likeness (QED) is 0.890. The van der Waals surface area contributed by atoms with E-state index in [1.807, 2.05) is 0 Å². The maximum atomic E-state index is 13.7. The number of alkyl halides is 3. The van der Waals surface area contributed by atoms with Gasteiger partial charge in [0.25, 0.3) is 0 Å². The zero-order valence-electron chi connectivity index (χ0n) is 11.1. The minimum Gasteiger partial charge on any atom is -0.320 e. The number of anilines is 1. The van der Waals surface area contributed by atoms with Crippen molar-refractivity contribution in [1.82, 2.24) is 14.9 Å². The molecule has 5 nitrogen and oxygen atoms in total. The smallest absolute Gasteiger partial charge is 0.320 e. The lowest BCUT2D eigenvalue weighted by Crippen LogP contribution is -2.55. The van der Waals surface area contributed by atoms with Gasteiger partial charge in [0.1, 0.15) is 5.00 Å². The molecule has 2 aromatic rings. The third-order valence-corrected chi connectivity index (χ3v) is 4.24. The molecule has 2 N–H and O–H groups in total. The van der Waals surface area contributed by atoms with Gasteiger partial charge in [0, 0.05) is 11.5 Å². The van der Waals surface area contributed by atoms with Crippen LogP contribution in [0.15, 0.2) is 30.5 Å². The third-order valence-electron chi connectivity index (χ3n) is 3.66. The summed E-state index contributed by atoms with van der Waals surface area (Å²) in [5, 5.41) is 8.21. The Kier molecular flexibility index (Phi) is 3.51. The van der Waals surface area contributed by atoms with Crippen molar-refractivity contribution in [2.75, 3.05) is 5.32 Å². The van der Waals surface area contributed by atoms with Crippen molar-refractivity contribution in [3.05, 3.63) is 41.6 Å². The van der Waals surface area contributed by atoms with Crippen molar-refractivity contribution >= 4 is 22.6 Å². The molecule has 3 rings (SSSR count). The molecule has 9 heteroatoms. The number of halogens is 3. The first-order valence-electron chi connectivity index (χ1n) is 6.44. The van der Waals surface area contributed by atoms with Gasteiger partial charge in [-0.05, 0) is 24.0 Å². The Morgan fingerprint density at radius 3 is 2.77 bits per heavy atom. The molecule has 0 radical (unpaired) electrons. The summed E-state index contributed by atoms with van der Waals surface area (Å²) in [6.45, 7) is 0. The Morgan fingerprint density at radius 1 is 1.32 bits per heavy atom. The van der Waals surface area contributed by atoms with Gasteiger partial charge in [-0.2, -0.15) is 13.2 Å². The lowest BCUT2D eigenvalue weighted by Gasteiger charge is -2.33. The first-order valence-corrected chi connectivity index (χ1v) is 7.21. The minimum atomic E-state index is -4.59. The van der Waals surface area contributed by atoms with E-state index in [1.54, 1.807) is 12.1 Å². The number of aromatic nitrogens is 2. The standard InChI is InChI=1S/C13H11F3N4OS/c14-13(15,16)12(6-5-8-3-1-2-4-9(8)12)19-11(21)18-10-7-17-20-22-10/h1-4,7H,5-6H2,(H2,18,19,21). The molecule has 1 aliphatic rings. The van der Waals surface area contributed by atoms with Crippen molar-refractivity contribution in [2.45, 2.75) is 24.6 Å². The summed E-state index contributed by atoms with van der Waals surface area (Å²) in [5.41, 5.74) is -1.68. The number of urea groups is 1. The number of carbonyl (C=O) groups is 1. The number of hydrogen-bond acceptors (Lipinski definition) is 4. The molecule has 1 atom stereocenters. The monoisotopic (exact) mass is 328 g/mol. The van der Waals surface area contributed by atoms with Gasteiger partial charge in [-0.25, -0.2) is 4.79 Å². The van der Waals surface area contributed by atoms with E-state index in [1.165, 1.54) is 18.3 Å². The van der Waals surface area contributed by atoms with Gasteiger partial charge < -0.3 is 5.32 Å².